The highest BCUT2D eigenvalue weighted by Gasteiger charge is 2.48. The fraction of sp³-hybridized carbons (Fsp3) is 0.533. The van der Waals surface area contributed by atoms with Crippen LogP contribution in [0.3, 0.4) is 0 Å². The number of hydrogen-bond acceptors (Lipinski definition) is 5. The molecule has 0 aliphatic carbocycles. The van der Waals surface area contributed by atoms with Crippen LogP contribution in [0.1, 0.15) is 24.5 Å². The lowest BCUT2D eigenvalue weighted by Gasteiger charge is -2.34. The summed E-state index contributed by atoms with van der Waals surface area (Å²) in [5, 5.41) is 16.5. The molecule has 3 N–H and O–H groups in total. The molecule has 1 saturated heterocycles. The molecule has 0 spiro atoms. The molecule has 1 amide bonds. The van der Waals surface area contributed by atoms with Crippen LogP contribution < -0.4 is 10.6 Å². The Bertz CT molecular complexity index is 701. The third-order valence-electron chi connectivity index (χ3n) is 4.26. The number of nitrogens with one attached hydrogen (secondary N) is 2. The van der Waals surface area contributed by atoms with Crippen LogP contribution in [0.4, 0.5) is 0 Å². The summed E-state index contributed by atoms with van der Waals surface area (Å²) in [7, 11) is -3.59. The van der Waals surface area contributed by atoms with E-state index in [1.807, 2.05) is 0 Å². The van der Waals surface area contributed by atoms with Gasteiger partial charge < -0.3 is 15.7 Å². The second kappa shape index (κ2) is 8.88. The number of hydrogen-bond donors (Lipinski definition) is 3. The van der Waals surface area contributed by atoms with Gasteiger partial charge in [-0.2, -0.15) is 0 Å². The van der Waals surface area contributed by atoms with Gasteiger partial charge in [-0.1, -0.05) is 23.2 Å². The van der Waals surface area contributed by atoms with E-state index in [0.29, 0.717) is 28.7 Å². The van der Waals surface area contributed by atoms with Crippen molar-refractivity contribution in [1.82, 2.24) is 10.6 Å². The molecule has 0 saturated carbocycles. The van der Waals surface area contributed by atoms with Crippen LogP contribution in [-0.4, -0.2) is 50.1 Å². The average molecular weight is 432 g/mol. The molecule has 0 aromatic heterocycles. The van der Waals surface area contributed by atoms with Crippen LogP contribution in [-0.2, 0) is 14.6 Å². The van der Waals surface area contributed by atoms with Crippen molar-refractivity contribution in [2.75, 3.05) is 25.9 Å². The highest BCUT2D eigenvalue weighted by atomic mass is 35.5. The van der Waals surface area contributed by atoms with Gasteiger partial charge in [-0.3, -0.25) is 4.79 Å². The van der Waals surface area contributed by atoms with Crippen molar-refractivity contribution in [2.24, 2.45) is 0 Å². The minimum atomic E-state index is -3.59. The van der Waals surface area contributed by atoms with Crippen LogP contribution in [0.2, 0.25) is 10.0 Å². The van der Waals surface area contributed by atoms with Crippen LogP contribution in [0.15, 0.2) is 18.2 Å². The Hall–Kier alpha value is -0.570. The molecule has 0 bridgehead atoms. The number of carbonyl (C=O) groups excluding carboxylic acids is 1. The van der Waals surface area contributed by atoms with E-state index in [4.69, 9.17) is 23.2 Å². The lowest BCUT2D eigenvalue weighted by Crippen LogP contribution is -2.57. The molecule has 142 valence electrons. The van der Waals surface area contributed by atoms with Gasteiger partial charge in [0, 0.05) is 22.8 Å². The summed E-state index contributed by atoms with van der Waals surface area (Å²) in [6.45, 7) is 0.778. The maximum absolute atomic E-state index is 12.6. The fourth-order valence-corrected chi connectivity index (χ4v) is 4.73. The average Bonchev–Trinajstić information content (AvgIpc) is 2.50. The SMILES string of the molecule is CS(=O)(=O)C1(C(=O)NCC(O)c2cc(Cl)cc(Cl)c2)CCNCC1.Cl. The molecule has 1 fully saturated rings. The standard InChI is InChI=1S/C15H20Cl2N2O4S.ClH/c1-24(22,23)15(2-4-18-5-3-15)14(21)19-9-13(20)10-6-11(16)8-12(17)7-10;/h6-8,13,18,20H,2-5,9H2,1H3,(H,19,21);1H. The van der Waals surface area contributed by atoms with Gasteiger partial charge in [0.05, 0.1) is 6.10 Å². The third-order valence-corrected chi connectivity index (χ3v) is 6.71. The zero-order chi connectivity index (χ0) is 18.0. The van der Waals surface area contributed by atoms with Crippen molar-refractivity contribution >= 4 is 51.4 Å². The first kappa shape index (κ1) is 22.5. The second-order valence-electron chi connectivity index (χ2n) is 5.95. The molecule has 10 heteroatoms. The fourth-order valence-electron chi connectivity index (χ4n) is 2.83. The summed E-state index contributed by atoms with van der Waals surface area (Å²) in [5.74, 6) is -0.585. The van der Waals surface area contributed by atoms with E-state index in [0.717, 1.165) is 6.26 Å². The Morgan fingerprint density at radius 3 is 2.28 bits per heavy atom. The Morgan fingerprint density at radius 2 is 1.80 bits per heavy atom. The summed E-state index contributed by atoms with van der Waals surface area (Å²) in [5.41, 5.74) is 0.450. The van der Waals surface area contributed by atoms with Gasteiger partial charge >= 0.3 is 0 Å². The molecule has 1 aliphatic heterocycles. The number of benzene rings is 1. The Kier molecular flexibility index (Phi) is 7.98. The monoisotopic (exact) mass is 430 g/mol. The Labute approximate surface area is 163 Å². The van der Waals surface area contributed by atoms with Crippen LogP contribution in [0.5, 0.6) is 0 Å². The lowest BCUT2D eigenvalue weighted by atomic mass is 9.95. The number of rotatable bonds is 5. The van der Waals surface area contributed by atoms with E-state index in [1.54, 1.807) is 12.1 Å². The smallest absolute Gasteiger partial charge is 0.241 e. The number of aliphatic hydroxyl groups is 1. The maximum atomic E-state index is 12.6. The van der Waals surface area contributed by atoms with Gasteiger partial charge in [-0.25, -0.2) is 8.42 Å². The van der Waals surface area contributed by atoms with Gasteiger partial charge in [0.2, 0.25) is 5.91 Å². The van der Waals surface area contributed by atoms with Crippen molar-refractivity contribution in [3.05, 3.63) is 33.8 Å². The maximum Gasteiger partial charge on any atom is 0.241 e. The molecule has 0 radical (unpaired) electrons. The van der Waals surface area contributed by atoms with Gasteiger partial charge in [-0.15, -0.1) is 12.4 Å². The van der Waals surface area contributed by atoms with Crippen LogP contribution in [0, 0.1) is 0 Å². The van der Waals surface area contributed by atoms with Gasteiger partial charge in [0.1, 0.15) is 0 Å². The second-order valence-corrected chi connectivity index (χ2v) is 9.14. The van der Waals surface area contributed by atoms with Gasteiger partial charge in [0.25, 0.3) is 0 Å². The number of amides is 1. The molecule has 1 heterocycles. The van der Waals surface area contributed by atoms with Crippen LogP contribution in [0.25, 0.3) is 0 Å². The summed E-state index contributed by atoms with van der Waals surface area (Å²) < 4.78 is 22.9. The van der Waals surface area contributed by atoms with Gasteiger partial charge in [0.15, 0.2) is 14.6 Å². The first-order chi connectivity index (χ1) is 11.2. The molecular formula is C15H21Cl3N2O4S. The largest absolute Gasteiger partial charge is 0.387 e. The summed E-state index contributed by atoms with van der Waals surface area (Å²) >= 11 is 11.8. The molecule has 2 rings (SSSR count). The van der Waals surface area contributed by atoms with E-state index in [1.165, 1.54) is 6.07 Å². The molecule has 1 aromatic carbocycles. The molecule has 25 heavy (non-hydrogen) atoms. The number of aliphatic hydroxyl groups excluding tert-OH is 1. The first-order valence-corrected chi connectivity index (χ1v) is 10.1. The predicted molar refractivity (Wildman–Crippen MR) is 101 cm³/mol. The molecule has 1 aromatic rings. The minimum absolute atomic E-state index is 0. The normalized spacial score (nSPS) is 18.1. The third kappa shape index (κ3) is 5.21. The minimum Gasteiger partial charge on any atom is -0.387 e. The molecule has 1 aliphatic rings. The highest BCUT2D eigenvalue weighted by molar-refractivity contribution is 7.92. The predicted octanol–water partition coefficient (Wildman–Crippen LogP) is 1.73. The van der Waals surface area contributed by atoms with Crippen molar-refractivity contribution < 1.29 is 18.3 Å². The van der Waals surface area contributed by atoms with Gasteiger partial charge in [-0.05, 0) is 49.7 Å². The highest BCUT2D eigenvalue weighted by Crippen LogP contribution is 2.28. The van der Waals surface area contributed by atoms with Crippen LogP contribution >= 0.6 is 35.6 Å². The zero-order valence-electron chi connectivity index (χ0n) is 13.6. The van der Waals surface area contributed by atoms with E-state index in [-0.39, 0.29) is 31.8 Å². The van der Waals surface area contributed by atoms with E-state index < -0.39 is 26.6 Å². The number of sulfone groups is 1. The summed E-state index contributed by atoms with van der Waals surface area (Å²) in [6.07, 6.45) is 0.446. The van der Waals surface area contributed by atoms with Crippen molar-refractivity contribution in [1.29, 1.82) is 0 Å². The summed E-state index contributed by atoms with van der Waals surface area (Å²) in [4.78, 5) is 12.6. The van der Waals surface area contributed by atoms with Crippen molar-refractivity contribution in [3.63, 3.8) is 0 Å². The van der Waals surface area contributed by atoms with E-state index in [2.05, 4.69) is 10.6 Å². The molecular weight excluding hydrogens is 411 g/mol. The summed E-state index contributed by atoms with van der Waals surface area (Å²) in [6, 6.07) is 4.62. The lowest BCUT2D eigenvalue weighted by molar-refractivity contribution is -0.124. The first-order valence-electron chi connectivity index (χ1n) is 7.48. The van der Waals surface area contributed by atoms with E-state index >= 15 is 0 Å². The quantitative estimate of drug-likeness (QED) is 0.660. The zero-order valence-corrected chi connectivity index (χ0v) is 16.7. The Morgan fingerprint density at radius 1 is 1.28 bits per heavy atom. The number of halogens is 3. The Balaban J connectivity index is 0.00000312. The number of piperidine rings is 1. The van der Waals surface area contributed by atoms with Crippen molar-refractivity contribution in [3.8, 4) is 0 Å². The molecule has 1 atom stereocenters. The number of carbonyl (C=O) groups is 1. The molecule has 1 unspecified atom stereocenters. The topological polar surface area (TPSA) is 95.5 Å². The van der Waals surface area contributed by atoms with E-state index in [9.17, 15) is 18.3 Å². The van der Waals surface area contributed by atoms with Crippen molar-refractivity contribution in [2.45, 2.75) is 23.7 Å². The molecule has 6 nitrogen and oxygen atoms in total.